The van der Waals surface area contributed by atoms with Crippen molar-refractivity contribution in [2.24, 2.45) is 5.73 Å². The summed E-state index contributed by atoms with van der Waals surface area (Å²) < 4.78 is 19.5. The van der Waals surface area contributed by atoms with Crippen LogP contribution in [-0.4, -0.2) is 23.9 Å². The molecule has 0 aliphatic carbocycles. The van der Waals surface area contributed by atoms with Gasteiger partial charge in [0.25, 0.3) is 0 Å². The number of aliphatic hydroxyl groups excluding tert-OH is 1. The molecule has 0 aliphatic rings. The van der Waals surface area contributed by atoms with Crippen LogP contribution in [0, 0.1) is 5.82 Å². The highest BCUT2D eigenvalue weighted by Gasteiger charge is 2.18. The van der Waals surface area contributed by atoms with Crippen LogP contribution in [0.4, 0.5) is 4.39 Å². The number of benzene rings is 1. The molecule has 6 heteroatoms. The van der Waals surface area contributed by atoms with Crippen LogP contribution in [0.1, 0.15) is 45.1 Å². The van der Waals surface area contributed by atoms with Crippen LogP contribution >= 0.6 is 24.0 Å². The fourth-order valence-corrected chi connectivity index (χ4v) is 2.21. The highest BCUT2D eigenvalue weighted by molar-refractivity contribution is 6.32. The van der Waals surface area contributed by atoms with Crippen molar-refractivity contribution in [1.29, 1.82) is 0 Å². The maximum Gasteiger partial charge on any atom is 0.173 e. The molecule has 3 nitrogen and oxygen atoms in total. The maximum absolute atomic E-state index is 14.0. The van der Waals surface area contributed by atoms with Gasteiger partial charge in [0.05, 0.1) is 18.2 Å². The van der Waals surface area contributed by atoms with Gasteiger partial charge < -0.3 is 15.6 Å². The van der Waals surface area contributed by atoms with Crippen LogP contribution in [0.2, 0.25) is 5.02 Å². The molecule has 0 radical (unpaired) electrons. The van der Waals surface area contributed by atoms with E-state index in [1.807, 2.05) is 0 Å². The molecule has 0 bridgehead atoms. The highest BCUT2D eigenvalue weighted by Crippen LogP contribution is 2.30. The number of hydrogen-bond donors (Lipinski definition) is 2. The summed E-state index contributed by atoms with van der Waals surface area (Å²) >= 11 is 6.09. The molecule has 0 saturated heterocycles. The van der Waals surface area contributed by atoms with Crippen LogP contribution in [0.15, 0.2) is 12.1 Å². The summed E-state index contributed by atoms with van der Waals surface area (Å²) in [6, 6.07) is 3.13. The zero-order valence-electron chi connectivity index (χ0n) is 13.2. The van der Waals surface area contributed by atoms with E-state index in [0.717, 1.165) is 24.8 Å². The molecule has 0 amide bonds. The van der Waals surface area contributed by atoms with Crippen molar-refractivity contribution < 1.29 is 14.2 Å². The van der Waals surface area contributed by atoms with Gasteiger partial charge in [0.1, 0.15) is 0 Å². The summed E-state index contributed by atoms with van der Waals surface area (Å²) in [6.45, 7) is 4.22. The van der Waals surface area contributed by atoms with E-state index < -0.39 is 11.4 Å². The molecule has 128 valence electrons. The fourth-order valence-electron chi connectivity index (χ4n) is 1.93. The number of halogens is 3. The summed E-state index contributed by atoms with van der Waals surface area (Å²) in [4.78, 5) is 0. The summed E-state index contributed by atoms with van der Waals surface area (Å²) in [6.07, 6.45) is 4.13. The molecule has 0 spiro atoms. The van der Waals surface area contributed by atoms with E-state index in [2.05, 4.69) is 6.92 Å². The molecule has 1 atom stereocenters. The zero-order chi connectivity index (χ0) is 15.9. The van der Waals surface area contributed by atoms with Crippen LogP contribution < -0.4 is 10.5 Å². The zero-order valence-corrected chi connectivity index (χ0v) is 14.8. The van der Waals surface area contributed by atoms with E-state index in [1.165, 1.54) is 6.07 Å². The monoisotopic (exact) mass is 353 g/mol. The van der Waals surface area contributed by atoms with Crippen LogP contribution in [0.25, 0.3) is 0 Å². The van der Waals surface area contributed by atoms with Crippen molar-refractivity contribution in [3.63, 3.8) is 0 Å². The molecule has 0 saturated carbocycles. The third-order valence-corrected chi connectivity index (χ3v) is 3.68. The van der Waals surface area contributed by atoms with Crippen LogP contribution in [0.3, 0.4) is 0 Å². The topological polar surface area (TPSA) is 55.5 Å². The quantitative estimate of drug-likeness (QED) is 0.656. The lowest BCUT2D eigenvalue weighted by atomic mass is 9.95. The average Bonchev–Trinajstić information content (AvgIpc) is 2.44. The molecule has 0 unspecified atom stereocenters. The molecule has 0 heterocycles. The second kappa shape index (κ2) is 10.3. The lowest BCUT2D eigenvalue weighted by Gasteiger charge is -2.21. The van der Waals surface area contributed by atoms with Gasteiger partial charge in [0.15, 0.2) is 11.6 Å². The first-order valence-corrected chi connectivity index (χ1v) is 7.78. The molecule has 22 heavy (non-hydrogen) atoms. The molecule has 3 N–H and O–H groups in total. The summed E-state index contributed by atoms with van der Waals surface area (Å²) in [5, 5.41) is 9.40. The van der Waals surface area contributed by atoms with Gasteiger partial charge in [0.2, 0.25) is 0 Å². The Morgan fingerprint density at radius 3 is 2.59 bits per heavy atom. The number of rotatable bonds is 9. The van der Waals surface area contributed by atoms with Gasteiger partial charge in [-0.1, -0.05) is 31.4 Å². The van der Waals surface area contributed by atoms with Gasteiger partial charge in [-0.15, -0.1) is 12.4 Å². The molecular formula is C16H26Cl2FNO2. The molecule has 0 fully saturated rings. The molecule has 0 aliphatic heterocycles. The Bertz CT molecular complexity index is 433. The molecule has 1 rings (SSSR count). The van der Waals surface area contributed by atoms with Gasteiger partial charge in [0, 0.05) is 5.54 Å². The Morgan fingerprint density at radius 1 is 1.36 bits per heavy atom. The predicted molar refractivity (Wildman–Crippen MR) is 91.7 cm³/mol. The van der Waals surface area contributed by atoms with Crippen LogP contribution in [-0.2, 0) is 6.42 Å². The van der Waals surface area contributed by atoms with E-state index in [9.17, 15) is 4.39 Å². The van der Waals surface area contributed by atoms with Crippen molar-refractivity contribution in [2.75, 3.05) is 13.2 Å². The van der Waals surface area contributed by atoms with E-state index in [0.29, 0.717) is 19.4 Å². The minimum absolute atomic E-state index is 0. The van der Waals surface area contributed by atoms with E-state index in [-0.39, 0.29) is 29.8 Å². The first-order chi connectivity index (χ1) is 9.89. The highest BCUT2D eigenvalue weighted by atomic mass is 35.5. The molecule has 0 aromatic heterocycles. The SMILES string of the molecule is CCCCCOc1c(F)cc(CC[C@@](C)(N)CO)cc1Cl.Cl. The number of aliphatic hydroxyl groups is 1. The number of unbranched alkanes of at least 4 members (excludes halogenated alkanes) is 2. The van der Waals surface area contributed by atoms with Gasteiger partial charge in [-0.25, -0.2) is 4.39 Å². The minimum Gasteiger partial charge on any atom is -0.489 e. The minimum atomic E-state index is -0.668. The third-order valence-electron chi connectivity index (χ3n) is 3.40. The maximum atomic E-state index is 14.0. The van der Waals surface area contributed by atoms with E-state index >= 15 is 0 Å². The Hall–Kier alpha value is -0.550. The number of nitrogens with two attached hydrogens (primary N) is 1. The molecule has 1 aromatic carbocycles. The van der Waals surface area contributed by atoms with E-state index in [1.54, 1.807) is 13.0 Å². The Labute approximate surface area is 143 Å². The summed E-state index contributed by atoms with van der Waals surface area (Å²) in [5.74, 6) is -0.328. The smallest absolute Gasteiger partial charge is 0.173 e. The third kappa shape index (κ3) is 7.14. The van der Waals surface area contributed by atoms with Gasteiger partial charge in [-0.2, -0.15) is 0 Å². The Kier molecular flexibility index (Phi) is 10.0. The van der Waals surface area contributed by atoms with E-state index in [4.69, 9.17) is 27.2 Å². The van der Waals surface area contributed by atoms with Crippen molar-refractivity contribution in [2.45, 2.75) is 51.5 Å². The number of hydrogen-bond acceptors (Lipinski definition) is 3. The van der Waals surface area contributed by atoms with Crippen LogP contribution in [0.5, 0.6) is 5.75 Å². The second-order valence-corrected chi connectivity index (χ2v) is 6.16. The lowest BCUT2D eigenvalue weighted by molar-refractivity contribution is 0.200. The fraction of sp³-hybridized carbons (Fsp3) is 0.625. The summed E-state index contributed by atoms with van der Waals surface area (Å²) in [7, 11) is 0. The van der Waals surface area contributed by atoms with Crippen molar-refractivity contribution >= 4 is 24.0 Å². The van der Waals surface area contributed by atoms with Gasteiger partial charge >= 0.3 is 0 Å². The van der Waals surface area contributed by atoms with Crippen molar-refractivity contribution in [3.8, 4) is 5.75 Å². The first-order valence-electron chi connectivity index (χ1n) is 7.40. The first kappa shape index (κ1) is 21.4. The normalized spacial score (nSPS) is 13.4. The standard InChI is InChI=1S/C16H25ClFNO2.ClH/c1-3-4-5-8-21-15-13(17)9-12(10-14(15)18)6-7-16(2,19)11-20;/h9-10,20H,3-8,11,19H2,1-2H3;1H/t16-;/m1./s1. The second-order valence-electron chi connectivity index (χ2n) is 5.76. The Morgan fingerprint density at radius 2 is 2.05 bits per heavy atom. The Balaban J connectivity index is 0.00000441. The average molecular weight is 354 g/mol. The predicted octanol–water partition coefficient (Wildman–Crippen LogP) is 4.11. The number of aryl methyl sites for hydroxylation is 1. The largest absolute Gasteiger partial charge is 0.489 e. The molecular weight excluding hydrogens is 328 g/mol. The van der Waals surface area contributed by atoms with Gasteiger partial charge in [-0.05, 0) is 43.9 Å². The summed E-state index contributed by atoms with van der Waals surface area (Å²) in [5.41, 5.74) is 5.95. The van der Waals surface area contributed by atoms with Gasteiger partial charge in [-0.3, -0.25) is 0 Å². The van der Waals surface area contributed by atoms with Crippen molar-refractivity contribution in [3.05, 3.63) is 28.5 Å². The van der Waals surface area contributed by atoms with Crippen molar-refractivity contribution in [1.82, 2.24) is 0 Å². The lowest BCUT2D eigenvalue weighted by Crippen LogP contribution is -2.40. The number of ether oxygens (including phenoxy) is 1. The molecule has 1 aromatic rings.